The van der Waals surface area contributed by atoms with Crippen molar-refractivity contribution in [2.75, 3.05) is 18.0 Å². The van der Waals surface area contributed by atoms with Gasteiger partial charge >= 0.3 is 5.97 Å². The summed E-state index contributed by atoms with van der Waals surface area (Å²) in [5.74, 6) is -0.167. The first-order valence-corrected chi connectivity index (χ1v) is 8.00. The van der Waals surface area contributed by atoms with Crippen molar-refractivity contribution in [2.24, 2.45) is 5.92 Å². The summed E-state index contributed by atoms with van der Waals surface area (Å²) in [4.78, 5) is 21.9. The Labute approximate surface area is 139 Å². The molecule has 2 aromatic heterocycles. The highest BCUT2D eigenvalue weighted by Crippen LogP contribution is 2.27. The van der Waals surface area contributed by atoms with E-state index in [2.05, 4.69) is 28.1 Å². The number of benzene rings is 1. The topological polar surface area (TPSA) is 66.3 Å². The normalized spacial score (nSPS) is 17.3. The molecule has 1 N–H and O–H groups in total. The van der Waals surface area contributed by atoms with Gasteiger partial charge in [0.05, 0.1) is 11.4 Å². The number of carbonyl (C=O) groups is 1. The Balaban J connectivity index is 1.64. The maximum absolute atomic E-state index is 11.1. The minimum Gasteiger partial charge on any atom is -0.481 e. The zero-order chi connectivity index (χ0) is 16.5. The zero-order valence-corrected chi connectivity index (χ0v) is 13.1. The molecule has 1 saturated heterocycles. The molecular weight excluding hydrogens is 302 g/mol. The number of aromatic nitrogens is 2. The van der Waals surface area contributed by atoms with E-state index in [0.29, 0.717) is 13.0 Å². The maximum atomic E-state index is 11.1. The van der Waals surface area contributed by atoms with Gasteiger partial charge < -0.3 is 10.0 Å². The van der Waals surface area contributed by atoms with Gasteiger partial charge in [-0.25, -0.2) is 4.98 Å². The first-order valence-electron chi connectivity index (χ1n) is 8.00. The Bertz CT molecular complexity index is 896. The van der Waals surface area contributed by atoms with E-state index in [-0.39, 0.29) is 5.92 Å². The Hall–Kier alpha value is -2.95. The van der Waals surface area contributed by atoms with Gasteiger partial charge in [0, 0.05) is 30.9 Å². The van der Waals surface area contributed by atoms with E-state index in [4.69, 9.17) is 10.1 Å². The standard InChI is InChI=1S/C19H17N3O2/c23-19(24)16-7-10-22(12-16)18-4-2-15-11-14(1-3-17(15)21-18)13-5-8-20-9-6-13/h1-6,8-9,11,16H,7,10,12H2,(H,23,24). The van der Waals surface area contributed by atoms with Crippen LogP contribution in [0, 0.1) is 5.92 Å². The number of carboxylic acids is 1. The third-order valence-corrected chi connectivity index (χ3v) is 4.55. The molecule has 0 bridgehead atoms. The molecule has 5 heteroatoms. The van der Waals surface area contributed by atoms with Crippen LogP contribution >= 0.6 is 0 Å². The minimum absolute atomic E-state index is 0.295. The van der Waals surface area contributed by atoms with Gasteiger partial charge in [-0.2, -0.15) is 0 Å². The number of hydrogen-bond donors (Lipinski definition) is 1. The lowest BCUT2D eigenvalue weighted by atomic mass is 10.0. The molecule has 0 amide bonds. The van der Waals surface area contributed by atoms with Crippen LogP contribution in [-0.2, 0) is 4.79 Å². The highest BCUT2D eigenvalue weighted by Gasteiger charge is 2.28. The quantitative estimate of drug-likeness (QED) is 0.803. The lowest BCUT2D eigenvalue weighted by Gasteiger charge is -2.17. The number of pyridine rings is 2. The number of hydrogen-bond acceptors (Lipinski definition) is 4. The van der Waals surface area contributed by atoms with E-state index in [1.807, 2.05) is 24.3 Å². The predicted octanol–water partition coefficient (Wildman–Crippen LogP) is 3.21. The van der Waals surface area contributed by atoms with E-state index in [1.54, 1.807) is 12.4 Å². The van der Waals surface area contributed by atoms with Gasteiger partial charge in [-0.15, -0.1) is 0 Å². The van der Waals surface area contributed by atoms with Crippen molar-refractivity contribution in [1.82, 2.24) is 9.97 Å². The fraction of sp³-hybridized carbons (Fsp3) is 0.211. The van der Waals surface area contributed by atoms with Crippen molar-refractivity contribution < 1.29 is 9.90 Å². The van der Waals surface area contributed by atoms with Gasteiger partial charge in [0.1, 0.15) is 5.82 Å². The van der Waals surface area contributed by atoms with Gasteiger partial charge in [0.2, 0.25) is 0 Å². The maximum Gasteiger partial charge on any atom is 0.308 e. The Kier molecular flexibility index (Phi) is 3.61. The third kappa shape index (κ3) is 2.69. The molecule has 1 fully saturated rings. The van der Waals surface area contributed by atoms with Crippen LogP contribution in [0.5, 0.6) is 0 Å². The zero-order valence-electron chi connectivity index (χ0n) is 13.1. The number of aliphatic carboxylic acids is 1. The van der Waals surface area contributed by atoms with Gasteiger partial charge in [0.25, 0.3) is 0 Å². The van der Waals surface area contributed by atoms with Crippen LogP contribution in [0.15, 0.2) is 54.9 Å². The Morgan fingerprint density at radius 2 is 1.92 bits per heavy atom. The molecule has 0 aliphatic carbocycles. The van der Waals surface area contributed by atoms with Crippen molar-refractivity contribution in [1.29, 1.82) is 0 Å². The molecule has 5 nitrogen and oxygen atoms in total. The van der Waals surface area contributed by atoms with Crippen LogP contribution in [0.3, 0.4) is 0 Å². The highest BCUT2D eigenvalue weighted by atomic mass is 16.4. The van der Waals surface area contributed by atoms with Crippen molar-refractivity contribution in [2.45, 2.75) is 6.42 Å². The predicted molar refractivity (Wildman–Crippen MR) is 92.9 cm³/mol. The molecule has 1 aromatic carbocycles. The van der Waals surface area contributed by atoms with Gasteiger partial charge in [-0.3, -0.25) is 9.78 Å². The van der Waals surface area contributed by atoms with E-state index in [1.165, 1.54) is 0 Å². The molecule has 24 heavy (non-hydrogen) atoms. The van der Waals surface area contributed by atoms with Crippen LogP contribution in [-0.4, -0.2) is 34.1 Å². The average molecular weight is 319 g/mol. The summed E-state index contributed by atoms with van der Waals surface area (Å²) in [6.07, 6.45) is 4.25. The largest absolute Gasteiger partial charge is 0.481 e. The first-order chi connectivity index (χ1) is 11.7. The summed E-state index contributed by atoms with van der Waals surface area (Å²) in [6.45, 7) is 1.27. The third-order valence-electron chi connectivity index (χ3n) is 4.55. The molecule has 3 aromatic rings. The second-order valence-corrected chi connectivity index (χ2v) is 6.08. The average Bonchev–Trinajstić information content (AvgIpc) is 3.12. The highest BCUT2D eigenvalue weighted by molar-refractivity contribution is 5.85. The van der Waals surface area contributed by atoms with Crippen molar-refractivity contribution in [3.8, 4) is 11.1 Å². The first kappa shape index (κ1) is 14.6. The summed E-state index contributed by atoms with van der Waals surface area (Å²) in [7, 11) is 0. The summed E-state index contributed by atoms with van der Waals surface area (Å²) < 4.78 is 0. The van der Waals surface area contributed by atoms with Crippen LogP contribution in [0.2, 0.25) is 0 Å². The lowest BCUT2D eigenvalue weighted by Crippen LogP contribution is -2.23. The fourth-order valence-corrected chi connectivity index (χ4v) is 3.18. The number of nitrogens with zero attached hydrogens (tertiary/aromatic N) is 3. The van der Waals surface area contributed by atoms with E-state index < -0.39 is 5.97 Å². The van der Waals surface area contributed by atoms with Crippen LogP contribution in [0.25, 0.3) is 22.0 Å². The summed E-state index contributed by atoms with van der Waals surface area (Å²) in [6, 6.07) is 14.2. The van der Waals surface area contributed by atoms with E-state index in [9.17, 15) is 4.79 Å². The molecule has 4 rings (SSSR count). The molecule has 3 heterocycles. The summed E-state index contributed by atoms with van der Waals surface area (Å²) in [5.41, 5.74) is 3.18. The molecule has 0 radical (unpaired) electrons. The van der Waals surface area contributed by atoms with Gasteiger partial charge in [-0.1, -0.05) is 6.07 Å². The van der Waals surface area contributed by atoms with Crippen molar-refractivity contribution in [3.05, 3.63) is 54.9 Å². The van der Waals surface area contributed by atoms with Crippen LogP contribution < -0.4 is 4.90 Å². The molecule has 1 aliphatic heterocycles. The molecule has 1 aliphatic rings. The number of carboxylic acid groups (broad SMARTS) is 1. The smallest absolute Gasteiger partial charge is 0.308 e. The number of rotatable bonds is 3. The molecule has 0 saturated carbocycles. The summed E-state index contributed by atoms with van der Waals surface area (Å²) in [5, 5.41) is 10.2. The fourth-order valence-electron chi connectivity index (χ4n) is 3.18. The van der Waals surface area contributed by atoms with E-state index >= 15 is 0 Å². The second-order valence-electron chi connectivity index (χ2n) is 6.08. The van der Waals surface area contributed by atoms with Crippen molar-refractivity contribution >= 4 is 22.7 Å². The van der Waals surface area contributed by atoms with Gasteiger partial charge in [-0.05, 0) is 53.9 Å². The Morgan fingerprint density at radius 3 is 2.67 bits per heavy atom. The Morgan fingerprint density at radius 1 is 1.08 bits per heavy atom. The van der Waals surface area contributed by atoms with Crippen molar-refractivity contribution in [3.63, 3.8) is 0 Å². The van der Waals surface area contributed by atoms with E-state index in [0.717, 1.165) is 34.4 Å². The molecule has 1 atom stereocenters. The number of anilines is 1. The molecule has 1 unspecified atom stereocenters. The van der Waals surface area contributed by atoms with Gasteiger partial charge in [0.15, 0.2) is 0 Å². The minimum atomic E-state index is -0.722. The second kappa shape index (κ2) is 5.92. The van der Waals surface area contributed by atoms with Crippen LogP contribution in [0.4, 0.5) is 5.82 Å². The SMILES string of the molecule is O=C(O)C1CCN(c2ccc3cc(-c4ccncc4)ccc3n2)C1. The molecular formula is C19H17N3O2. The molecule has 120 valence electrons. The summed E-state index contributed by atoms with van der Waals surface area (Å²) >= 11 is 0. The van der Waals surface area contributed by atoms with Crippen LogP contribution in [0.1, 0.15) is 6.42 Å². The number of fused-ring (bicyclic) bond motifs is 1. The molecule has 0 spiro atoms. The monoisotopic (exact) mass is 319 g/mol. The lowest BCUT2D eigenvalue weighted by molar-refractivity contribution is -0.140.